The van der Waals surface area contributed by atoms with E-state index in [1.165, 1.54) is 4.68 Å². The summed E-state index contributed by atoms with van der Waals surface area (Å²) in [4.78, 5) is 37.5. The van der Waals surface area contributed by atoms with E-state index in [0.29, 0.717) is 23.0 Å². The summed E-state index contributed by atoms with van der Waals surface area (Å²) >= 11 is 0. The molecule has 0 aliphatic carbocycles. The van der Waals surface area contributed by atoms with E-state index in [-0.39, 0.29) is 16.9 Å². The van der Waals surface area contributed by atoms with Gasteiger partial charge in [-0.25, -0.2) is 4.68 Å². The number of hydrazine groups is 1. The van der Waals surface area contributed by atoms with Gasteiger partial charge in [-0.05, 0) is 19.1 Å². The molecule has 4 rings (SSSR count). The number of benzene rings is 2. The number of fused-ring (bicyclic) bond motifs is 1. The normalized spacial score (nSPS) is 10.7. The Morgan fingerprint density at radius 3 is 2.37 bits per heavy atom. The number of hydrogen-bond donors (Lipinski definition) is 3. The molecule has 2 heterocycles. The van der Waals surface area contributed by atoms with E-state index in [2.05, 4.69) is 26.1 Å². The quantitative estimate of drug-likeness (QED) is 0.450. The standard InChI is InChI=1S/C21H18N6O3/c1-2-27-21(30)15-11-7-6-10-14(15)18(26-27)20(29)25-24-19(28)17-12-16(22-23-17)13-8-4-3-5-9-13/h3-12H,2H2,1H3,(H,22,23)(H,24,28)(H,25,29). The van der Waals surface area contributed by atoms with Crippen LogP contribution in [0.2, 0.25) is 0 Å². The monoisotopic (exact) mass is 402 g/mol. The molecular weight excluding hydrogens is 384 g/mol. The topological polar surface area (TPSA) is 122 Å². The Morgan fingerprint density at radius 1 is 0.967 bits per heavy atom. The highest BCUT2D eigenvalue weighted by Crippen LogP contribution is 2.17. The number of amides is 2. The smallest absolute Gasteiger partial charge is 0.272 e. The van der Waals surface area contributed by atoms with Crippen LogP contribution in [0.25, 0.3) is 22.0 Å². The summed E-state index contributed by atoms with van der Waals surface area (Å²) in [5.41, 5.74) is 6.10. The molecule has 0 radical (unpaired) electrons. The van der Waals surface area contributed by atoms with Gasteiger partial charge in [-0.2, -0.15) is 10.2 Å². The van der Waals surface area contributed by atoms with Crippen LogP contribution in [0.15, 0.2) is 65.5 Å². The van der Waals surface area contributed by atoms with Gasteiger partial charge >= 0.3 is 0 Å². The number of aromatic nitrogens is 4. The lowest BCUT2D eigenvalue weighted by molar-refractivity contribution is 0.0841. The third-order valence-electron chi connectivity index (χ3n) is 4.56. The first-order chi connectivity index (χ1) is 14.6. The van der Waals surface area contributed by atoms with Crippen LogP contribution in [0.5, 0.6) is 0 Å². The zero-order valence-corrected chi connectivity index (χ0v) is 16.0. The minimum atomic E-state index is -0.635. The molecule has 9 nitrogen and oxygen atoms in total. The number of nitrogens with one attached hydrogen (secondary N) is 3. The molecule has 0 bridgehead atoms. The molecule has 0 aliphatic heterocycles. The molecule has 0 atom stereocenters. The van der Waals surface area contributed by atoms with Crippen molar-refractivity contribution in [2.24, 2.45) is 0 Å². The molecule has 2 amide bonds. The molecule has 0 aliphatic rings. The second-order valence-corrected chi connectivity index (χ2v) is 6.46. The van der Waals surface area contributed by atoms with Crippen LogP contribution < -0.4 is 16.4 Å². The van der Waals surface area contributed by atoms with Crippen molar-refractivity contribution in [2.45, 2.75) is 13.5 Å². The summed E-state index contributed by atoms with van der Waals surface area (Å²) in [6.07, 6.45) is 0. The van der Waals surface area contributed by atoms with Crippen molar-refractivity contribution in [1.29, 1.82) is 0 Å². The molecule has 9 heteroatoms. The Balaban J connectivity index is 1.53. The van der Waals surface area contributed by atoms with Crippen LogP contribution in [-0.4, -0.2) is 31.8 Å². The molecule has 3 N–H and O–H groups in total. The van der Waals surface area contributed by atoms with Crippen molar-refractivity contribution in [2.75, 3.05) is 0 Å². The predicted octanol–water partition coefficient (Wildman–Crippen LogP) is 1.88. The van der Waals surface area contributed by atoms with E-state index in [1.54, 1.807) is 37.3 Å². The van der Waals surface area contributed by atoms with Crippen LogP contribution in [0.1, 0.15) is 27.9 Å². The third kappa shape index (κ3) is 3.55. The van der Waals surface area contributed by atoms with Crippen molar-refractivity contribution in [1.82, 2.24) is 30.8 Å². The second-order valence-electron chi connectivity index (χ2n) is 6.46. The Hall–Kier alpha value is -4.27. The second kappa shape index (κ2) is 8.00. The minimum absolute atomic E-state index is 0.0435. The van der Waals surface area contributed by atoms with E-state index in [1.807, 2.05) is 30.3 Å². The van der Waals surface area contributed by atoms with Gasteiger partial charge in [-0.3, -0.25) is 30.3 Å². The molecule has 2 aromatic heterocycles. The van der Waals surface area contributed by atoms with E-state index >= 15 is 0 Å². The van der Waals surface area contributed by atoms with Gasteiger partial charge in [-0.1, -0.05) is 48.5 Å². The van der Waals surface area contributed by atoms with Gasteiger partial charge in [-0.15, -0.1) is 0 Å². The minimum Gasteiger partial charge on any atom is -0.272 e. The van der Waals surface area contributed by atoms with Crippen LogP contribution in [0, 0.1) is 0 Å². The molecule has 30 heavy (non-hydrogen) atoms. The summed E-state index contributed by atoms with van der Waals surface area (Å²) in [6, 6.07) is 17.7. The van der Waals surface area contributed by atoms with Crippen molar-refractivity contribution in [3.63, 3.8) is 0 Å². The van der Waals surface area contributed by atoms with Crippen LogP contribution >= 0.6 is 0 Å². The molecule has 4 aromatic rings. The fraction of sp³-hybridized carbons (Fsp3) is 0.0952. The Bertz CT molecular complexity index is 1290. The largest absolute Gasteiger partial charge is 0.290 e. The number of rotatable bonds is 4. The van der Waals surface area contributed by atoms with Crippen LogP contribution in [-0.2, 0) is 6.54 Å². The maximum Gasteiger partial charge on any atom is 0.290 e. The van der Waals surface area contributed by atoms with Gasteiger partial charge in [0.05, 0.1) is 11.1 Å². The van der Waals surface area contributed by atoms with E-state index in [4.69, 9.17) is 0 Å². The first-order valence-electron chi connectivity index (χ1n) is 9.30. The van der Waals surface area contributed by atoms with Crippen molar-refractivity contribution in [3.05, 3.63) is 82.4 Å². The lowest BCUT2D eigenvalue weighted by Crippen LogP contribution is -2.43. The molecule has 0 fully saturated rings. The van der Waals surface area contributed by atoms with E-state index in [0.717, 1.165) is 5.56 Å². The summed E-state index contributed by atoms with van der Waals surface area (Å²) in [5.74, 6) is -1.20. The van der Waals surface area contributed by atoms with Crippen LogP contribution in [0.3, 0.4) is 0 Å². The fourth-order valence-corrected chi connectivity index (χ4v) is 3.05. The maximum atomic E-state index is 12.7. The van der Waals surface area contributed by atoms with Gasteiger partial charge in [0, 0.05) is 17.5 Å². The van der Waals surface area contributed by atoms with Gasteiger partial charge in [0.1, 0.15) is 5.69 Å². The highest BCUT2D eigenvalue weighted by Gasteiger charge is 2.18. The first kappa shape index (κ1) is 19.1. The number of aromatic amines is 1. The molecule has 0 saturated heterocycles. The van der Waals surface area contributed by atoms with Crippen LogP contribution in [0.4, 0.5) is 0 Å². The van der Waals surface area contributed by atoms with Gasteiger partial charge in [0.2, 0.25) is 0 Å². The van der Waals surface area contributed by atoms with E-state index in [9.17, 15) is 14.4 Å². The number of hydrogen-bond acceptors (Lipinski definition) is 5. The number of aryl methyl sites for hydroxylation is 1. The highest BCUT2D eigenvalue weighted by atomic mass is 16.2. The van der Waals surface area contributed by atoms with Gasteiger partial charge < -0.3 is 0 Å². The van der Waals surface area contributed by atoms with Crippen molar-refractivity contribution >= 4 is 22.6 Å². The zero-order chi connectivity index (χ0) is 21.1. The first-order valence-corrected chi connectivity index (χ1v) is 9.30. The molecule has 0 unspecified atom stereocenters. The lowest BCUT2D eigenvalue weighted by atomic mass is 10.1. The highest BCUT2D eigenvalue weighted by molar-refractivity contribution is 6.05. The van der Waals surface area contributed by atoms with E-state index < -0.39 is 11.8 Å². The average molecular weight is 402 g/mol. The zero-order valence-electron chi connectivity index (χ0n) is 16.0. The predicted molar refractivity (Wildman–Crippen MR) is 111 cm³/mol. The molecular formula is C21H18N6O3. The Kier molecular flexibility index (Phi) is 5.08. The number of carbonyl (C=O) groups is 2. The lowest BCUT2D eigenvalue weighted by Gasteiger charge is -2.10. The van der Waals surface area contributed by atoms with Crippen molar-refractivity contribution in [3.8, 4) is 11.3 Å². The number of carbonyl (C=O) groups excluding carboxylic acids is 2. The summed E-state index contributed by atoms with van der Waals surface area (Å²) in [6.45, 7) is 2.07. The number of H-pyrrole nitrogens is 1. The Morgan fingerprint density at radius 2 is 1.63 bits per heavy atom. The molecule has 0 saturated carbocycles. The Labute approximate surface area is 170 Å². The molecule has 150 valence electrons. The molecule has 2 aromatic carbocycles. The number of nitrogens with zero attached hydrogens (tertiary/aromatic N) is 3. The summed E-state index contributed by atoms with van der Waals surface area (Å²) < 4.78 is 1.21. The fourth-order valence-electron chi connectivity index (χ4n) is 3.05. The SMILES string of the molecule is CCn1nc(C(=O)NNC(=O)c2cc(-c3ccccc3)n[nH]2)c2ccccc2c1=O. The average Bonchev–Trinajstić information content (AvgIpc) is 3.29. The molecule has 0 spiro atoms. The summed E-state index contributed by atoms with van der Waals surface area (Å²) in [5, 5.41) is 11.7. The third-order valence-corrected chi connectivity index (χ3v) is 4.56. The van der Waals surface area contributed by atoms with Crippen molar-refractivity contribution < 1.29 is 9.59 Å². The van der Waals surface area contributed by atoms with Gasteiger partial charge in [0.25, 0.3) is 17.4 Å². The maximum absolute atomic E-state index is 12.7. The summed E-state index contributed by atoms with van der Waals surface area (Å²) in [7, 11) is 0. The van der Waals surface area contributed by atoms with Gasteiger partial charge in [0.15, 0.2) is 5.69 Å².